The fourth-order valence-corrected chi connectivity index (χ4v) is 1.41. The summed E-state index contributed by atoms with van der Waals surface area (Å²) in [5, 5.41) is 11.3. The van der Waals surface area contributed by atoms with Crippen LogP contribution in [0, 0.1) is 5.92 Å². The molecule has 5 heteroatoms. The summed E-state index contributed by atoms with van der Waals surface area (Å²) in [5.41, 5.74) is 0. The van der Waals surface area contributed by atoms with Crippen LogP contribution >= 0.6 is 0 Å². The Morgan fingerprint density at radius 3 is 2.92 bits per heavy atom. The zero-order valence-electron chi connectivity index (χ0n) is 7.45. The second-order valence-corrected chi connectivity index (χ2v) is 3.10. The van der Waals surface area contributed by atoms with E-state index >= 15 is 0 Å². The average Bonchev–Trinajstić information content (AvgIpc) is 2.47. The van der Waals surface area contributed by atoms with Crippen LogP contribution in [0.2, 0.25) is 0 Å². The highest BCUT2D eigenvalue weighted by Crippen LogP contribution is 2.18. The van der Waals surface area contributed by atoms with Gasteiger partial charge in [0.15, 0.2) is 0 Å². The number of methoxy groups -OCH3 is 1. The Morgan fingerprint density at radius 1 is 1.77 bits per heavy atom. The molecular weight excluding hydrogens is 174 g/mol. The summed E-state index contributed by atoms with van der Waals surface area (Å²) in [6, 6.07) is -0.206. The third-order valence-electron chi connectivity index (χ3n) is 2.15. The van der Waals surface area contributed by atoms with Crippen LogP contribution < -0.4 is 5.32 Å². The minimum Gasteiger partial charge on any atom is -0.469 e. The first-order chi connectivity index (χ1) is 6.17. The Morgan fingerprint density at radius 2 is 2.46 bits per heavy atom. The SMILES string of the molecule is COC(=O)C[C@@H]1C[C@@H](CO)NC1=O. The maximum Gasteiger partial charge on any atom is 0.306 e. The van der Waals surface area contributed by atoms with Gasteiger partial charge in [-0.1, -0.05) is 0 Å². The first-order valence-corrected chi connectivity index (χ1v) is 4.15. The minimum absolute atomic E-state index is 0.0799. The van der Waals surface area contributed by atoms with Crippen molar-refractivity contribution in [3.8, 4) is 0 Å². The van der Waals surface area contributed by atoms with Crippen LogP contribution in [0.15, 0.2) is 0 Å². The normalized spacial score (nSPS) is 27.1. The van der Waals surface area contributed by atoms with Crippen molar-refractivity contribution in [1.29, 1.82) is 0 Å². The topological polar surface area (TPSA) is 75.6 Å². The molecule has 74 valence electrons. The Labute approximate surface area is 76.1 Å². The van der Waals surface area contributed by atoms with Gasteiger partial charge in [-0.05, 0) is 6.42 Å². The number of hydrogen-bond donors (Lipinski definition) is 2. The minimum atomic E-state index is -0.390. The van der Waals surface area contributed by atoms with E-state index in [1.807, 2.05) is 0 Å². The lowest BCUT2D eigenvalue weighted by molar-refractivity contribution is -0.143. The number of nitrogens with one attached hydrogen (secondary N) is 1. The molecule has 1 aliphatic heterocycles. The number of amides is 1. The Hall–Kier alpha value is -1.10. The van der Waals surface area contributed by atoms with E-state index in [-0.39, 0.29) is 30.9 Å². The van der Waals surface area contributed by atoms with Crippen molar-refractivity contribution in [2.75, 3.05) is 13.7 Å². The van der Waals surface area contributed by atoms with Gasteiger partial charge in [0.1, 0.15) is 0 Å². The number of aliphatic hydroxyl groups excluding tert-OH is 1. The fraction of sp³-hybridized carbons (Fsp3) is 0.750. The Kier molecular flexibility index (Phi) is 3.25. The zero-order chi connectivity index (χ0) is 9.84. The molecule has 1 heterocycles. The number of ether oxygens (including phenoxy) is 1. The number of hydrogen-bond acceptors (Lipinski definition) is 4. The smallest absolute Gasteiger partial charge is 0.306 e. The largest absolute Gasteiger partial charge is 0.469 e. The van der Waals surface area contributed by atoms with Gasteiger partial charge in [-0.3, -0.25) is 9.59 Å². The molecule has 0 aromatic rings. The lowest BCUT2D eigenvalue weighted by Crippen LogP contribution is -2.29. The highest BCUT2D eigenvalue weighted by atomic mass is 16.5. The molecule has 0 radical (unpaired) electrons. The van der Waals surface area contributed by atoms with E-state index < -0.39 is 5.97 Å². The van der Waals surface area contributed by atoms with Crippen LogP contribution in [0.25, 0.3) is 0 Å². The molecule has 5 nitrogen and oxygen atoms in total. The van der Waals surface area contributed by atoms with Gasteiger partial charge in [-0.2, -0.15) is 0 Å². The highest BCUT2D eigenvalue weighted by Gasteiger charge is 2.33. The summed E-state index contributed by atoms with van der Waals surface area (Å²) in [4.78, 5) is 22.0. The number of carbonyl (C=O) groups excluding carboxylic acids is 2. The standard InChI is InChI=1S/C8H13NO4/c1-13-7(11)3-5-2-6(4-10)9-8(5)12/h5-6,10H,2-4H2,1H3,(H,9,12)/t5-,6-/m0/s1. The second-order valence-electron chi connectivity index (χ2n) is 3.10. The molecule has 0 unspecified atom stereocenters. The predicted octanol–water partition coefficient (Wildman–Crippen LogP) is -0.954. The van der Waals surface area contributed by atoms with Crippen molar-refractivity contribution in [3.63, 3.8) is 0 Å². The molecule has 13 heavy (non-hydrogen) atoms. The number of aliphatic hydroxyl groups is 1. The Bertz CT molecular complexity index is 216. The van der Waals surface area contributed by atoms with Crippen molar-refractivity contribution in [1.82, 2.24) is 5.32 Å². The maximum atomic E-state index is 11.2. The lowest BCUT2D eigenvalue weighted by Gasteiger charge is -2.04. The van der Waals surface area contributed by atoms with Crippen molar-refractivity contribution >= 4 is 11.9 Å². The molecule has 2 atom stereocenters. The second kappa shape index (κ2) is 4.23. The molecule has 0 aromatic heterocycles. The first-order valence-electron chi connectivity index (χ1n) is 4.15. The molecule has 1 fully saturated rings. The van der Waals surface area contributed by atoms with Crippen LogP contribution in [0.3, 0.4) is 0 Å². The van der Waals surface area contributed by atoms with Gasteiger partial charge < -0.3 is 15.2 Å². The van der Waals surface area contributed by atoms with Crippen LogP contribution in [0.1, 0.15) is 12.8 Å². The quantitative estimate of drug-likeness (QED) is 0.558. The van der Waals surface area contributed by atoms with E-state index in [0.29, 0.717) is 6.42 Å². The molecule has 0 aliphatic carbocycles. The van der Waals surface area contributed by atoms with Crippen LogP contribution in [-0.4, -0.2) is 36.7 Å². The summed E-state index contributed by atoms with van der Waals surface area (Å²) >= 11 is 0. The fourth-order valence-electron chi connectivity index (χ4n) is 1.41. The molecule has 2 N–H and O–H groups in total. The zero-order valence-corrected chi connectivity index (χ0v) is 7.45. The van der Waals surface area contributed by atoms with Crippen LogP contribution in [0.4, 0.5) is 0 Å². The monoisotopic (exact) mass is 187 g/mol. The van der Waals surface area contributed by atoms with Gasteiger partial charge in [0.2, 0.25) is 5.91 Å². The van der Waals surface area contributed by atoms with E-state index in [2.05, 4.69) is 10.1 Å². The molecule has 1 amide bonds. The molecule has 1 rings (SSSR count). The molecule has 0 aromatic carbocycles. The van der Waals surface area contributed by atoms with E-state index in [4.69, 9.17) is 5.11 Å². The maximum absolute atomic E-state index is 11.2. The molecule has 0 bridgehead atoms. The third-order valence-corrected chi connectivity index (χ3v) is 2.15. The van der Waals surface area contributed by atoms with Crippen LogP contribution in [0.5, 0.6) is 0 Å². The van der Waals surface area contributed by atoms with E-state index in [0.717, 1.165) is 0 Å². The molecule has 0 saturated carbocycles. The molecule has 1 aliphatic rings. The van der Waals surface area contributed by atoms with E-state index in [1.54, 1.807) is 0 Å². The first kappa shape index (κ1) is 9.98. The van der Waals surface area contributed by atoms with E-state index in [1.165, 1.54) is 7.11 Å². The summed E-state index contributed by atoms with van der Waals surface area (Å²) < 4.78 is 4.45. The van der Waals surface area contributed by atoms with Crippen molar-refractivity contribution < 1.29 is 19.4 Å². The lowest BCUT2D eigenvalue weighted by atomic mass is 10.0. The molecule has 0 spiro atoms. The Balaban J connectivity index is 2.43. The predicted molar refractivity (Wildman–Crippen MR) is 43.8 cm³/mol. The number of rotatable bonds is 3. The van der Waals surface area contributed by atoms with Gasteiger partial charge in [0.25, 0.3) is 0 Å². The van der Waals surface area contributed by atoms with Crippen molar-refractivity contribution in [2.45, 2.75) is 18.9 Å². The number of carbonyl (C=O) groups is 2. The summed E-state index contributed by atoms with van der Waals surface area (Å²) in [7, 11) is 1.29. The summed E-state index contributed by atoms with van der Waals surface area (Å²) in [6.45, 7) is -0.0799. The van der Waals surface area contributed by atoms with Crippen molar-refractivity contribution in [3.05, 3.63) is 0 Å². The van der Waals surface area contributed by atoms with Gasteiger partial charge in [0, 0.05) is 0 Å². The van der Waals surface area contributed by atoms with Gasteiger partial charge >= 0.3 is 5.97 Å². The number of esters is 1. The average molecular weight is 187 g/mol. The van der Waals surface area contributed by atoms with Crippen LogP contribution in [-0.2, 0) is 14.3 Å². The van der Waals surface area contributed by atoms with Gasteiger partial charge in [0.05, 0.1) is 32.1 Å². The summed E-state index contributed by atoms with van der Waals surface area (Å²) in [5.74, 6) is -0.909. The third kappa shape index (κ3) is 2.42. The molecular formula is C8H13NO4. The highest BCUT2D eigenvalue weighted by molar-refractivity contribution is 5.85. The summed E-state index contributed by atoms with van der Waals surface area (Å²) in [6.07, 6.45) is 0.600. The van der Waals surface area contributed by atoms with Gasteiger partial charge in [-0.25, -0.2) is 0 Å². The molecule has 1 saturated heterocycles. The van der Waals surface area contributed by atoms with Crippen molar-refractivity contribution in [2.24, 2.45) is 5.92 Å². The van der Waals surface area contributed by atoms with E-state index in [9.17, 15) is 9.59 Å². The van der Waals surface area contributed by atoms with Gasteiger partial charge in [-0.15, -0.1) is 0 Å².